The molecule has 0 amide bonds. The Morgan fingerprint density at radius 1 is 1.15 bits per heavy atom. The first-order valence-corrected chi connectivity index (χ1v) is 9.87. The van der Waals surface area contributed by atoms with E-state index in [4.69, 9.17) is 4.74 Å². The molecule has 26 heavy (non-hydrogen) atoms. The van der Waals surface area contributed by atoms with Crippen LogP contribution in [0.1, 0.15) is 31.9 Å². The third-order valence-electron chi connectivity index (χ3n) is 4.47. The molecule has 142 valence electrons. The molecule has 2 aromatic carbocycles. The third-order valence-corrected chi connectivity index (χ3v) is 5.96. The summed E-state index contributed by atoms with van der Waals surface area (Å²) >= 11 is 0. The van der Waals surface area contributed by atoms with E-state index in [0.717, 1.165) is 6.07 Å². The fourth-order valence-electron chi connectivity index (χ4n) is 2.66. The SMILES string of the molecule is CC[C@H](C)[C@H](NS(=O)(=O)c1ccccc1F)C(O)c1ccc(OC)cc1. The largest absolute Gasteiger partial charge is 0.497 e. The lowest BCUT2D eigenvalue weighted by molar-refractivity contribution is 0.112. The number of ether oxygens (including phenoxy) is 1. The first kappa shape index (κ1) is 20.4. The second-order valence-electron chi connectivity index (χ2n) is 6.18. The van der Waals surface area contributed by atoms with Crippen molar-refractivity contribution in [2.75, 3.05) is 7.11 Å². The van der Waals surface area contributed by atoms with Crippen LogP contribution in [0.15, 0.2) is 53.4 Å². The van der Waals surface area contributed by atoms with Crippen molar-refractivity contribution in [1.29, 1.82) is 0 Å². The van der Waals surface area contributed by atoms with E-state index >= 15 is 0 Å². The Hall–Kier alpha value is -1.96. The molecule has 0 saturated carbocycles. The number of hydrogen-bond acceptors (Lipinski definition) is 4. The molecule has 2 N–H and O–H groups in total. The molecule has 7 heteroatoms. The van der Waals surface area contributed by atoms with Gasteiger partial charge in [0.25, 0.3) is 0 Å². The highest BCUT2D eigenvalue weighted by atomic mass is 32.2. The summed E-state index contributed by atoms with van der Waals surface area (Å²) in [5.41, 5.74) is 0.548. The van der Waals surface area contributed by atoms with E-state index in [1.807, 2.05) is 13.8 Å². The molecule has 1 unspecified atom stereocenters. The van der Waals surface area contributed by atoms with E-state index in [-0.39, 0.29) is 5.92 Å². The molecule has 5 nitrogen and oxygen atoms in total. The van der Waals surface area contributed by atoms with Gasteiger partial charge in [-0.1, -0.05) is 44.5 Å². The van der Waals surface area contributed by atoms with Crippen LogP contribution in [0.5, 0.6) is 5.75 Å². The Morgan fingerprint density at radius 3 is 2.31 bits per heavy atom. The molecule has 0 aliphatic rings. The van der Waals surface area contributed by atoms with Crippen molar-refractivity contribution in [2.24, 2.45) is 5.92 Å². The van der Waals surface area contributed by atoms with Crippen molar-refractivity contribution in [2.45, 2.75) is 37.3 Å². The maximum absolute atomic E-state index is 13.9. The molecule has 2 rings (SSSR count). The Labute approximate surface area is 153 Å². The van der Waals surface area contributed by atoms with E-state index in [9.17, 15) is 17.9 Å². The number of nitrogens with one attached hydrogen (secondary N) is 1. The molecule has 0 saturated heterocycles. The van der Waals surface area contributed by atoms with Crippen molar-refractivity contribution < 1.29 is 22.7 Å². The summed E-state index contributed by atoms with van der Waals surface area (Å²) < 4.78 is 46.8. The molecule has 0 bridgehead atoms. The van der Waals surface area contributed by atoms with Gasteiger partial charge in [-0.05, 0) is 35.7 Å². The maximum Gasteiger partial charge on any atom is 0.243 e. The number of sulfonamides is 1. The Morgan fingerprint density at radius 2 is 1.77 bits per heavy atom. The minimum atomic E-state index is -4.12. The van der Waals surface area contributed by atoms with Gasteiger partial charge in [0.15, 0.2) is 0 Å². The normalized spacial score (nSPS) is 15.3. The highest BCUT2D eigenvalue weighted by Crippen LogP contribution is 2.27. The quantitative estimate of drug-likeness (QED) is 0.736. The number of methoxy groups -OCH3 is 1. The van der Waals surface area contributed by atoms with Crippen molar-refractivity contribution >= 4 is 10.0 Å². The first-order valence-electron chi connectivity index (χ1n) is 8.39. The van der Waals surface area contributed by atoms with Gasteiger partial charge in [-0.25, -0.2) is 17.5 Å². The molecule has 0 heterocycles. The number of aliphatic hydroxyl groups excluding tert-OH is 1. The van der Waals surface area contributed by atoms with E-state index in [2.05, 4.69) is 4.72 Å². The smallest absolute Gasteiger partial charge is 0.243 e. The molecule has 0 aliphatic carbocycles. The van der Waals surface area contributed by atoms with Gasteiger partial charge < -0.3 is 9.84 Å². The molecular formula is C19H24FNO4S. The van der Waals surface area contributed by atoms with E-state index in [0.29, 0.717) is 17.7 Å². The van der Waals surface area contributed by atoms with Crippen LogP contribution in [0.25, 0.3) is 0 Å². The zero-order valence-corrected chi connectivity index (χ0v) is 15.8. The fraction of sp³-hybridized carbons (Fsp3) is 0.368. The van der Waals surface area contributed by atoms with Crippen LogP contribution in [0.3, 0.4) is 0 Å². The van der Waals surface area contributed by atoms with Crippen LogP contribution in [0.2, 0.25) is 0 Å². The third kappa shape index (κ3) is 4.60. The lowest BCUT2D eigenvalue weighted by Crippen LogP contribution is -2.43. The molecular weight excluding hydrogens is 357 g/mol. The minimum Gasteiger partial charge on any atom is -0.497 e. The van der Waals surface area contributed by atoms with Gasteiger partial charge in [-0.15, -0.1) is 0 Å². The summed E-state index contributed by atoms with van der Waals surface area (Å²) in [6.07, 6.45) is -0.449. The maximum atomic E-state index is 13.9. The van der Waals surface area contributed by atoms with Gasteiger partial charge in [-0.3, -0.25) is 0 Å². The second-order valence-corrected chi connectivity index (χ2v) is 7.86. The van der Waals surface area contributed by atoms with E-state index < -0.39 is 32.9 Å². The van der Waals surface area contributed by atoms with Crippen LogP contribution in [0.4, 0.5) is 4.39 Å². The zero-order chi connectivity index (χ0) is 19.3. The van der Waals surface area contributed by atoms with Gasteiger partial charge in [-0.2, -0.15) is 0 Å². The molecule has 3 atom stereocenters. The summed E-state index contributed by atoms with van der Waals surface area (Å²) in [5.74, 6) is -0.372. The number of hydrogen-bond donors (Lipinski definition) is 2. The Kier molecular flexibility index (Phi) is 6.75. The lowest BCUT2D eigenvalue weighted by atomic mass is 9.91. The number of benzene rings is 2. The monoisotopic (exact) mass is 381 g/mol. The predicted molar refractivity (Wildman–Crippen MR) is 97.9 cm³/mol. The number of halogens is 1. The molecule has 0 radical (unpaired) electrons. The van der Waals surface area contributed by atoms with Crippen molar-refractivity contribution in [3.05, 3.63) is 59.9 Å². The summed E-state index contributed by atoms with van der Waals surface area (Å²) in [7, 11) is -2.58. The summed E-state index contributed by atoms with van der Waals surface area (Å²) in [4.78, 5) is -0.435. The average Bonchev–Trinajstić information content (AvgIpc) is 2.65. The van der Waals surface area contributed by atoms with Crippen molar-refractivity contribution in [3.8, 4) is 5.75 Å². The van der Waals surface area contributed by atoms with Gasteiger partial charge in [0.05, 0.1) is 19.3 Å². The summed E-state index contributed by atoms with van der Waals surface area (Å²) in [6.45, 7) is 3.73. The molecule has 0 fully saturated rings. The van der Waals surface area contributed by atoms with Crippen molar-refractivity contribution in [1.82, 2.24) is 4.72 Å². The Bertz CT molecular complexity index is 824. The lowest BCUT2D eigenvalue weighted by Gasteiger charge is -2.29. The first-order chi connectivity index (χ1) is 12.3. The van der Waals surface area contributed by atoms with Crippen LogP contribution in [-0.2, 0) is 10.0 Å². The zero-order valence-electron chi connectivity index (χ0n) is 15.0. The highest BCUT2D eigenvalue weighted by molar-refractivity contribution is 7.89. The van der Waals surface area contributed by atoms with Crippen LogP contribution in [-0.4, -0.2) is 26.7 Å². The number of rotatable bonds is 8. The molecule has 0 aromatic heterocycles. The molecule has 2 aromatic rings. The standard InChI is InChI=1S/C19H24FNO4S/c1-4-13(2)18(19(22)14-9-11-15(25-3)12-10-14)21-26(23,24)17-8-6-5-7-16(17)20/h5-13,18-19,21-22H,4H2,1-3H3/t13-,18-,19?/m0/s1. The number of aliphatic hydroxyl groups is 1. The van der Waals surface area contributed by atoms with Gasteiger partial charge in [0.1, 0.15) is 16.5 Å². The highest BCUT2D eigenvalue weighted by Gasteiger charge is 2.31. The Balaban J connectivity index is 2.33. The van der Waals surface area contributed by atoms with E-state index in [1.54, 1.807) is 24.3 Å². The summed E-state index contributed by atoms with van der Waals surface area (Å²) in [5, 5.41) is 10.8. The van der Waals surface area contributed by atoms with Crippen LogP contribution < -0.4 is 9.46 Å². The summed E-state index contributed by atoms with van der Waals surface area (Å²) in [6, 6.07) is 11.1. The minimum absolute atomic E-state index is 0.173. The predicted octanol–water partition coefficient (Wildman–Crippen LogP) is 3.26. The topological polar surface area (TPSA) is 75.6 Å². The molecule has 0 aliphatic heterocycles. The van der Waals surface area contributed by atoms with Crippen LogP contribution in [0, 0.1) is 11.7 Å². The molecule has 0 spiro atoms. The second kappa shape index (κ2) is 8.62. The van der Waals surface area contributed by atoms with Crippen LogP contribution >= 0.6 is 0 Å². The fourth-order valence-corrected chi connectivity index (χ4v) is 4.09. The van der Waals surface area contributed by atoms with Crippen molar-refractivity contribution in [3.63, 3.8) is 0 Å². The van der Waals surface area contributed by atoms with Gasteiger partial charge in [0, 0.05) is 0 Å². The van der Waals surface area contributed by atoms with Gasteiger partial charge in [0.2, 0.25) is 10.0 Å². The van der Waals surface area contributed by atoms with E-state index in [1.165, 1.54) is 25.3 Å². The van der Waals surface area contributed by atoms with Gasteiger partial charge >= 0.3 is 0 Å². The average molecular weight is 381 g/mol.